The number of benzene rings is 1. The number of rotatable bonds is 3. The van der Waals surface area contributed by atoms with E-state index < -0.39 is 5.76 Å². The zero-order valence-corrected chi connectivity index (χ0v) is 13.1. The molecule has 2 aromatic rings. The minimum Gasteiger partial charge on any atom is -0.408 e. The lowest BCUT2D eigenvalue weighted by Crippen LogP contribution is -2.38. The fourth-order valence-electron chi connectivity index (χ4n) is 3.03. The second-order valence-corrected chi connectivity index (χ2v) is 6.26. The summed E-state index contributed by atoms with van der Waals surface area (Å²) >= 11 is 5.88. The van der Waals surface area contributed by atoms with Crippen LogP contribution in [0.15, 0.2) is 27.4 Å². The molecule has 5 nitrogen and oxygen atoms in total. The molecule has 1 aliphatic carbocycles. The molecule has 1 amide bonds. The predicted octanol–water partition coefficient (Wildman–Crippen LogP) is 3.09. The number of oxazole rings is 1. The summed E-state index contributed by atoms with van der Waals surface area (Å²) in [6, 6.07) is 5.18. The van der Waals surface area contributed by atoms with Crippen molar-refractivity contribution in [3.05, 3.63) is 33.8 Å². The van der Waals surface area contributed by atoms with E-state index in [2.05, 4.69) is 5.32 Å². The summed E-state index contributed by atoms with van der Waals surface area (Å²) in [6.45, 7) is -0.0238. The van der Waals surface area contributed by atoms with Crippen molar-refractivity contribution < 1.29 is 9.21 Å². The van der Waals surface area contributed by atoms with Gasteiger partial charge in [0.25, 0.3) is 0 Å². The van der Waals surface area contributed by atoms with Gasteiger partial charge in [-0.25, -0.2) is 4.79 Å². The molecule has 0 unspecified atom stereocenters. The standard InChI is InChI=1S/C16H19ClN2O3/c17-11-7-8-13-14(9-11)22-16(21)19(13)10-15(20)18-12-5-3-1-2-4-6-12/h7-9,12H,1-6,10H2,(H,18,20). The van der Waals surface area contributed by atoms with E-state index in [-0.39, 0.29) is 18.5 Å². The van der Waals surface area contributed by atoms with Crippen LogP contribution >= 0.6 is 11.6 Å². The molecule has 1 fully saturated rings. The summed E-state index contributed by atoms with van der Waals surface area (Å²) < 4.78 is 6.48. The topological polar surface area (TPSA) is 64.2 Å². The fourth-order valence-corrected chi connectivity index (χ4v) is 3.19. The molecule has 0 bridgehead atoms. The Morgan fingerprint density at radius 1 is 1.27 bits per heavy atom. The lowest BCUT2D eigenvalue weighted by Gasteiger charge is -2.16. The third kappa shape index (κ3) is 3.35. The molecule has 0 spiro atoms. The normalized spacial score (nSPS) is 16.6. The van der Waals surface area contributed by atoms with Gasteiger partial charge in [0.1, 0.15) is 6.54 Å². The number of carbonyl (C=O) groups excluding carboxylic acids is 1. The van der Waals surface area contributed by atoms with Gasteiger partial charge in [0.15, 0.2) is 5.58 Å². The van der Waals surface area contributed by atoms with Crippen LogP contribution in [0.4, 0.5) is 0 Å². The molecule has 0 radical (unpaired) electrons. The summed E-state index contributed by atoms with van der Waals surface area (Å²) in [5.74, 6) is -0.681. The first-order valence-corrected chi connectivity index (χ1v) is 8.09. The smallest absolute Gasteiger partial charge is 0.408 e. The van der Waals surface area contributed by atoms with Gasteiger partial charge >= 0.3 is 5.76 Å². The lowest BCUT2D eigenvalue weighted by atomic mass is 10.1. The van der Waals surface area contributed by atoms with Gasteiger partial charge in [0.2, 0.25) is 5.91 Å². The van der Waals surface area contributed by atoms with Crippen molar-refractivity contribution in [1.82, 2.24) is 9.88 Å². The highest BCUT2D eigenvalue weighted by molar-refractivity contribution is 6.31. The van der Waals surface area contributed by atoms with E-state index in [1.54, 1.807) is 18.2 Å². The van der Waals surface area contributed by atoms with Crippen LogP contribution in [0.5, 0.6) is 0 Å². The molecular weight excluding hydrogens is 304 g/mol. The Bertz CT molecular complexity index is 727. The monoisotopic (exact) mass is 322 g/mol. The molecule has 1 heterocycles. The maximum Gasteiger partial charge on any atom is 0.420 e. The Labute approximate surface area is 133 Å². The van der Waals surface area contributed by atoms with Crippen molar-refractivity contribution in [2.75, 3.05) is 0 Å². The van der Waals surface area contributed by atoms with Crippen molar-refractivity contribution in [3.8, 4) is 0 Å². The van der Waals surface area contributed by atoms with Gasteiger partial charge in [-0.05, 0) is 25.0 Å². The molecule has 3 rings (SSSR count). The summed E-state index contributed by atoms with van der Waals surface area (Å²) in [5.41, 5.74) is 0.991. The second-order valence-electron chi connectivity index (χ2n) is 5.82. The molecule has 0 saturated heterocycles. The third-order valence-electron chi connectivity index (χ3n) is 4.15. The third-order valence-corrected chi connectivity index (χ3v) is 4.39. The molecule has 1 aromatic heterocycles. The molecule has 1 N–H and O–H groups in total. The van der Waals surface area contributed by atoms with Crippen LogP contribution in [0.2, 0.25) is 5.02 Å². The predicted molar refractivity (Wildman–Crippen MR) is 85.1 cm³/mol. The van der Waals surface area contributed by atoms with Crippen LogP contribution in [0.25, 0.3) is 11.1 Å². The van der Waals surface area contributed by atoms with Crippen molar-refractivity contribution >= 4 is 28.6 Å². The summed E-state index contributed by atoms with van der Waals surface area (Å²) in [6.07, 6.45) is 6.80. The van der Waals surface area contributed by atoms with Crippen molar-refractivity contribution in [2.45, 2.75) is 51.1 Å². The van der Waals surface area contributed by atoms with Crippen LogP contribution in [0.3, 0.4) is 0 Å². The number of halogens is 1. The Morgan fingerprint density at radius 3 is 2.73 bits per heavy atom. The van der Waals surface area contributed by atoms with Gasteiger partial charge in [0.05, 0.1) is 5.52 Å². The van der Waals surface area contributed by atoms with Gasteiger partial charge < -0.3 is 9.73 Å². The van der Waals surface area contributed by atoms with Crippen LogP contribution in [0, 0.1) is 0 Å². The summed E-state index contributed by atoms with van der Waals surface area (Å²) in [7, 11) is 0. The number of nitrogens with one attached hydrogen (secondary N) is 1. The quantitative estimate of drug-likeness (QED) is 0.883. The number of fused-ring (bicyclic) bond motifs is 1. The second kappa shape index (κ2) is 6.57. The molecule has 1 aliphatic rings. The highest BCUT2D eigenvalue weighted by Crippen LogP contribution is 2.19. The number of nitrogens with zero attached hydrogens (tertiary/aromatic N) is 1. The Hall–Kier alpha value is -1.75. The largest absolute Gasteiger partial charge is 0.420 e. The molecule has 22 heavy (non-hydrogen) atoms. The number of amides is 1. The van der Waals surface area contributed by atoms with Crippen LogP contribution in [-0.4, -0.2) is 16.5 Å². The zero-order valence-electron chi connectivity index (χ0n) is 12.3. The molecular formula is C16H19ClN2O3. The summed E-state index contributed by atoms with van der Waals surface area (Å²) in [5, 5.41) is 3.53. The fraction of sp³-hybridized carbons (Fsp3) is 0.500. The number of carbonyl (C=O) groups is 1. The Kier molecular flexibility index (Phi) is 4.52. The van der Waals surface area contributed by atoms with Crippen LogP contribution in [-0.2, 0) is 11.3 Å². The molecule has 0 aliphatic heterocycles. The highest BCUT2D eigenvalue weighted by Gasteiger charge is 2.17. The van der Waals surface area contributed by atoms with Gasteiger partial charge in [0, 0.05) is 17.1 Å². The zero-order chi connectivity index (χ0) is 15.5. The van der Waals surface area contributed by atoms with Gasteiger partial charge in [-0.3, -0.25) is 9.36 Å². The Balaban J connectivity index is 1.73. The number of hydrogen-bond donors (Lipinski definition) is 1. The molecule has 1 aromatic carbocycles. The van der Waals surface area contributed by atoms with E-state index in [1.807, 2.05) is 0 Å². The van der Waals surface area contributed by atoms with E-state index in [9.17, 15) is 9.59 Å². The number of aromatic nitrogens is 1. The highest BCUT2D eigenvalue weighted by atomic mass is 35.5. The minimum absolute atomic E-state index is 0.0238. The first-order chi connectivity index (χ1) is 10.6. The maximum atomic E-state index is 12.2. The van der Waals surface area contributed by atoms with E-state index in [4.69, 9.17) is 16.0 Å². The molecule has 118 valence electrons. The SMILES string of the molecule is O=C(Cn1c(=O)oc2cc(Cl)ccc21)NC1CCCCCC1. The number of hydrogen-bond acceptors (Lipinski definition) is 3. The molecule has 0 atom stereocenters. The lowest BCUT2D eigenvalue weighted by molar-refractivity contribution is -0.122. The Morgan fingerprint density at radius 2 is 2.00 bits per heavy atom. The average Bonchev–Trinajstić information content (AvgIpc) is 2.66. The van der Waals surface area contributed by atoms with Gasteiger partial charge in [-0.1, -0.05) is 37.3 Å². The maximum absolute atomic E-state index is 12.2. The van der Waals surface area contributed by atoms with Crippen molar-refractivity contribution in [3.63, 3.8) is 0 Å². The summed E-state index contributed by atoms with van der Waals surface area (Å²) in [4.78, 5) is 24.1. The van der Waals surface area contributed by atoms with E-state index in [0.717, 1.165) is 25.7 Å². The van der Waals surface area contributed by atoms with Crippen molar-refractivity contribution in [2.24, 2.45) is 0 Å². The van der Waals surface area contributed by atoms with Crippen LogP contribution in [0.1, 0.15) is 38.5 Å². The van der Waals surface area contributed by atoms with E-state index in [1.165, 1.54) is 17.4 Å². The average molecular weight is 323 g/mol. The van der Waals surface area contributed by atoms with Crippen molar-refractivity contribution in [1.29, 1.82) is 0 Å². The van der Waals surface area contributed by atoms with E-state index >= 15 is 0 Å². The van der Waals surface area contributed by atoms with Crippen LogP contribution < -0.4 is 11.1 Å². The molecule has 1 saturated carbocycles. The first kappa shape index (κ1) is 15.2. The minimum atomic E-state index is -0.534. The van der Waals surface area contributed by atoms with Gasteiger partial charge in [-0.15, -0.1) is 0 Å². The van der Waals surface area contributed by atoms with Gasteiger partial charge in [-0.2, -0.15) is 0 Å². The molecule has 6 heteroatoms. The first-order valence-electron chi connectivity index (χ1n) is 7.72. The van der Waals surface area contributed by atoms with E-state index in [0.29, 0.717) is 16.1 Å².